The zero-order chi connectivity index (χ0) is 27.2. The Morgan fingerprint density at radius 2 is 1.54 bits per heavy atom. The van der Waals surface area contributed by atoms with Crippen LogP contribution in [0.1, 0.15) is 10.4 Å². The van der Waals surface area contributed by atoms with Gasteiger partial charge in [-0.2, -0.15) is 0 Å². The number of rotatable bonds is 10. The Labute approximate surface area is 219 Å². The molecule has 12 heteroatoms. The standard InChI is InChI=1S/C25H25ClN2O8S/c1-33-21-10-8-17(26)13-20(21)28(37(31,32)19-9-11-22(34-2)23(14-19)35-3)15-24(29)27-18-7-5-6-16(12-18)25(30)36-4/h5-14H,15H2,1-4H3,(H,27,29). The first kappa shape index (κ1) is 27.6. The minimum absolute atomic E-state index is 0.0447. The number of sulfonamides is 1. The number of methoxy groups -OCH3 is 4. The van der Waals surface area contributed by atoms with Crippen molar-refractivity contribution in [3.05, 3.63) is 71.2 Å². The predicted molar refractivity (Wildman–Crippen MR) is 138 cm³/mol. The second-order valence-corrected chi connectivity index (χ2v) is 9.76. The molecule has 0 aliphatic carbocycles. The van der Waals surface area contributed by atoms with Crippen LogP contribution in [-0.4, -0.2) is 55.3 Å². The summed E-state index contributed by atoms with van der Waals surface area (Å²) >= 11 is 6.17. The summed E-state index contributed by atoms with van der Waals surface area (Å²) in [6, 6.07) is 14.5. The number of halogens is 1. The zero-order valence-electron chi connectivity index (χ0n) is 20.5. The highest BCUT2D eigenvalue weighted by Gasteiger charge is 2.31. The largest absolute Gasteiger partial charge is 0.495 e. The molecule has 196 valence electrons. The molecule has 0 aromatic heterocycles. The third-order valence-electron chi connectivity index (χ3n) is 5.21. The lowest BCUT2D eigenvalue weighted by Crippen LogP contribution is -2.38. The lowest BCUT2D eigenvalue weighted by Gasteiger charge is -2.26. The minimum Gasteiger partial charge on any atom is -0.495 e. The molecule has 0 bridgehead atoms. The molecule has 0 saturated heterocycles. The van der Waals surface area contributed by atoms with E-state index in [1.54, 1.807) is 12.1 Å². The van der Waals surface area contributed by atoms with Crippen LogP contribution in [0.25, 0.3) is 0 Å². The van der Waals surface area contributed by atoms with Crippen molar-refractivity contribution in [2.24, 2.45) is 0 Å². The molecule has 1 amide bonds. The Morgan fingerprint density at radius 1 is 0.865 bits per heavy atom. The Balaban J connectivity index is 2.05. The van der Waals surface area contributed by atoms with E-state index in [0.29, 0.717) is 5.75 Å². The van der Waals surface area contributed by atoms with E-state index < -0.39 is 28.4 Å². The third-order valence-corrected chi connectivity index (χ3v) is 7.20. The van der Waals surface area contributed by atoms with Crippen LogP contribution in [0.5, 0.6) is 17.2 Å². The molecule has 10 nitrogen and oxygen atoms in total. The molecule has 0 aliphatic rings. The number of anilines is 2. The van der Waals surface area contributed by atoms with E-state index in [2.05, 4.69) is 5.32 Å². The fourth-order valence-corrected chi connectivity index (χ4v) is 5.04. The van der Waals surface area contributed by atoms with Gasteiger partial charge in [0.05, 0.1) is 44.6 Å². The van der Waals surface area contributed by atoms with Gasteiger partial charge in [-0.15, -0.1) is 0 Å². The van der Waals surface area contributed by atoms with Gasteiger partial charge in [0.1, 0.15) is 12.3 Å². The maximum Gasteiger partial charge on any atom is 0.337 e. The van der Waals surface area contributed by atoms with Gasteiger partial charge in [0, 0.05) is 16.8 Å². The molecule has 0 unspecified atom stereocenters. The highest BCUT2D eigenvalue weighted by Crippen LogP contribution is 2.37. The second-order valence-electron chi connectivity index (χ2n) is 7.47. The molecule has 0 radical (unpaired) electrons. The molecule has 0 spiro atoms. The number of benzene rings is 3. The Kier molecular flexibility index (Phi) is 8.85. The molecule has 0 saturated carbocycles. The summed E-state index contributed by atoms with van der Waals surface area (Å²) in [7, 11) is 1.06. The van der Waals surface area contributed by atoms with Gasteiger partial charge in [0.2, 0.25) is 5.91 Å². The maximum atomic E-state index is 13.8. The van der Waals surface area contributed by atoms with Gasteiger partial charge in [0.15, 0.2) is 11.5 Å². The number of carbonyl (C=O) groups excluding carboxylic acids is 2. The van der Waals surface area contributed by atoms with Gasteiger partial charge in [-0.3, -0.25) is 9.10 Å². The highest BCUT2D eigenvalue weighted by atomic mass is 35.5. The number of hydrogen-bond acceptors (Lipinski definition) is 8. The summed E-state index contributed by atoms with van der Waals surface area (Å²) < 4.78 is 49.1. The van der Waals surface area contributed by atoms with Crippen molar-refractivity contribution in [3.8, 4) is 17.2 Å². The highest BCUT2D eigenvalue weighted by molar-refractivity contribution is 7.92. The SMILES string of the molecule is COC(=O)c1cccc(NC(=O)CN(c2cc(Cl)ccc2OC)S(=O)(=O)c2ccc(OC)c(OC)c2)c1. The number of carbonyl (C=O) groups is 2. The molecule has 0 aliphatic heterocycles. The summed E-state index contributed by atoms with van der Waals surface area (Å²) in [6.07, 6.45) is 0. The summed E-state index contributed by atoms with van der Waals surface area (Å²) in [5.41, 5.74) is 0.532. The average Bonchev–Trinajstić information content (AvgIpc) is 2.90. The van der Waals surface area contributed by atoms with E-state index in [4.69, 9.17) is 30.5 Å². The fraction of sp³-hybridized carbons (Fsp3) is 0.200. The van der Waals surface area contributed by atoms with Crippen LogP contribution in [0.3, 0.4) is 0 Å². The lowest BCUT2D eigenvalue weighted by atomic mass is 10.2. The van der Waals surface area contributed by atoms with Crippen LogP contribution in [0.2, 0.25) is 5.02 Å². The van der Waals surface area contributed by atoms with Crippen LogP contribution in [0.15, 0.2) is 65.6 Å². The van der Waals surface area contributed by atoms with Gasteiger partial charge in [0.25, 0.3) is 10.0 Å². The molecule has 0 heterocycles. The summed E-state index contributed by atoms with van der Waals surface area (Å²) in [5.74, 6) is -0.582. The van der Waals surface area contributed by atoms with Crippen molar-refractivity contribution in [3.63, 3.8) is 0 Å². The maximum absolute atomic E-state index is 13.8. The summed E-state index contributed by atoms with van der Waals surface area (Å²) in [6.45, 7) is -0.643. The Hall–Kier alpha value is -3.96. The molecule has 3 aromatic carbocycles. The predicted octanol–water partition coefficient (Wildman–Crippen LogP) is 3.99. The lowest BCUT2D eigenvalue weighted by molar-refractivity contribution is -0.114. The number of esters is 1. The van der Waals surface area contributed by atoms with E-state index in [9.17, 15) is 18.0 Å². The Bertz CT molecular complexity index is 1410. The quantitative estimate of drug-likeness (QED) is 0.378. The van der Waals surface area contributed by atoms with Crippen molar-refractivity contribution >= 4 is 44.9 Å². The first-order chi connectivity index (χ1) is 17.6. The molecule has 0 atom stereocenters. The van der Waals surface area contributed by atoms with Gasteiger partial charge in [-0.05, 0) is 48.5 Å². The van der Waals surface area contributed by atoms with E-state index in [-0.39, 0.29) is 38.4 Å². The number of amides is 1. The van der Waals surface area contributed by atoms with E-state index in [1.807, 2.05) is 0 Å². The fourth-order valence-electron chi connectivity index (χ4n) is 3.43. The molecular formula is C25H25ClN2O8S. The first-order valence-corrected chi connectivity index (χ1v) is 12.5. The van der Waals surface area contributed by atoms with Crippen molar-refractivity contribution in [2.45, 2.75) is 4.90 Å². The molecule has 1 N–H and O–H groups in total. The number of nitrogens with one attached hydrogen (secondary N) is 1. The average molecular weight is 549 g/mol. The van der Waals surface area contributed by atoms with Crippen LogP contribution < -0.4 is 23.8 Å². The zero-order valence-corrected chi connectivity index (χ0v) is 22.1. The van der Waals surface area contributed by atoms with Crippen LogP contribution >= 0.6 is 11.6 Å². The minimum atomic E-state index is -4.35. The van der Waals surface area contributed by atoms with Gasteiger partial charge < -0.3 is 24.3 Å². The Morgan fingerprint density at radius 3 is 2.19 bits per heavy atom. The van der Waals surface area contributed by atoms with E-state index >= 15 is 0 Å². The van der Waals surface area contributed by atoms with Gasteiger partial charge >= 0.3 is 5.97 Å². The van der Waals surface area contributed by atoms with Crippen molar-refractivity contribution in [1.29, 1.82) is 0 Å². The number of hydrogen-bond donors (Lipinski definition) is 1. The van der Waals surface area contributed by atoms with Crippen LogP contribution in [-0.2, 0) is 19.6 Å². The molecule has 3 rings (SSSR count). The van der Waals surface area contributed by atoms with Gasteiger partial charge in [-0.25, -0.2) is 13.2 Å². The smallest absolute Gasteiger partial charge is 0.337 e. The molecular weight excluding hydrogens is 524 g/mol. The monoisotopic (exact) mass is 548 g/mol. The van der Waals surface area contributed by atoms with Gasteiger partial charge in [-0.1, -0.05) is 17.7 Å². The molecule has 37 heavy (non-hydrogen) atoms. The topological polar surface area (TPSA) is 120 Å². The normalized spacial score (nSPS) is 10.8. The molecule has 3 aromatic rings. The summed E-state index contributed by atoms with van der Waals surface area (Å²) in [4.78, 5) is 24.8. The third kappa shape index (κ3) is 6.25. The van der Waals surface area contributed by atoms with Crippen molar-refractivity contribution in [1.82, 2.24) is 0 Å². The molecule has 0 fully saturated rings. The first-order valence-electron chi connectivity index (χ1n) is 10.7. The van der Waals surface area contributed by atoms with Crippen LogP contribution in [0.4, 0.5) is 11.4 Å². The number of nitrogens with zero attached hydrogens (tertiary/aromatic N) is 1. The summed E-state index contributed by atoms with van der Waals surface area (Å²) in [5, 5.41) is 2.84. The van der Waals surface area contributed by atoms with Crippen molar-refractivity contribution < 1.29 is 37.0 Å². The van der Waals surface area contributed by atoms with Crippen molar-refractivity contribution in [2.75, 3.05) is 44.6 Å². The second kappa shape index (κ2) is 11.8. The van der Waals surface area contributed by atoms with E-state index in [1.165, 1.54) is 77.0 Å². The van der Waals surface area contributed by atoms with Crippen LogP contribution in [0, 0.1) is 0 Å². The van der Waals surface area contributed by atoms with E-state index in [0.717, 1.165) is 4.31 Å². The number of ether oxygens (including phenoxy) is 4.